The minimum atomic E-state index is -0.122. The van der Waals surface area contributed by atoms with Crippen LogP contribution in [0.4, 0.5) is 0 Å². The molecular formula is C8H15N3O2. The zero-order valence-corrected chi connectivity index (χ0v) is 7.75. The van der Waals surface area contributed by atoms with Crippen LogP contribution in [0.15, 0.2) is 0 Å². The van der Waals surface area contributed by atoms with Crippen molar-refractivity contribution in [1.82, 2.24) is 10.3 Å². The molecule has 3 N–H and O–H groups in total. The second kappa shape index (κ2) is 4.23. The van der Waals surface area contributed by atoms with E-state index < -0.39 is 0 Å². The number of amides is 2. The second-order valence-corrected chi connectivity index (χ2v) is 3.29. The fourth-order valence-corrected chi connectivity index (χ4v) is 1.57. The van der Waals surface area contributed by atoms with Crippen molar-refractivity contribution >= 4 is 11.8 Å². The SMILES string of the molecule is CC(=O)N1CCC(C(=O)NN)CC1. The van der Waals surface area contributed by atoms with E-state index in [0.717, 1.165) is 0 Å². The number of hydrogen-bond donors (Lipinski definition) is 2. The van der Waals surface area contributed by atoms with Gasteiger partial charge in [-0.15, -0.1) is 0 Å². The summed E-state index contributed by atoms with van der Waals surface area (Å²) < 4.78 is 0. The van der Waals surface area contributed by atoms with Crippen molar-refractivity contribution in [3.05, 3.63) is 0 Å². The largest absolute Gasteiger partial charge is 0.343 e. The molecule has 74 valence electrons. The summed E-state index contributed by atoms with van der Waals surface area (Å²) in [6.07, 6.45) is 1.42. The average Bonchev–Trinajstić information content (AvgIpc) is 2.17. The number of hydrazine groups is 1. The summed E-state index contributed by atoms with van der Waals surface area (Å²) >= 11 is 0. The van der Waals surface area contributed by atoms with E-state index in [1.807, 2.05) is 0 Å². The third-order valence-electron chi connectivity index (χ3n) is 2.45. The predicted octanol–water partition coefficient (Wildman–Crippen LogP) is -0.765. The Kier molecular flexibility index (Phi) is 3.25. The highest BCUT2D eigenvalue weighted by atomic mass is 16.2. The lowest BCUT2D eigenvalue weighted by Gasteiger charge is -2.30. The summed E-state index contributed by atoms with van der Waals surface area (Å²) in [5, 5.41) is 0. The summed E-state index contributed by atoms with van der Waals surface area (Å²) in [6, 6.07) is 0. The van der Waals surface area contributed by atoms with E-state index in [0.29, 0.717) is 25.9 Å². The lowest BCUT2D eigenvalue weighted by Crippen LogP contribution is -2.43. The van der Waals surface area contributed by atoms with E-state index in [1.54, 1.807) is 11.8 Å². The van der Waals surface area contributed by atoms with Crippen molar-refractivity contribution in [1.29, 1.82) is 0 Å². The van der Waals surface area contributed by atoms with Crippen molar-refractivity contribution in [3.63, 3.8) is 0 Å². The molecule has 0 aromatic heterocycles. The van der Waals surface area contributed by atoms with Gasteiger partial charge in [0.1, 0.15) is 0 Å². The number of nitrogens with two attached hydrogens (primary N) is 1. The van der Waals surface area contributed by atoms with Gasteiger partial charge in [-0.2, -0.15) is 0 Å². The van der Waals surface area contributed by atoms with Gasteiger partial charge in [0.25, 0.3) is 0 Å². The van der Waals surface area contributed by atoms with E-state index >= 15 is 0 Å². The van der Waals surface area contributed by atoms with E-state index in [1.165, 1.54) is 0 Å². The van der Waals surface area contributed by atoms with E-state index in [4.69, 9.17) is 5.84 Å². The molecule has 0 bridgehead atoms. The molecule has 1 aliphatic rings. The molecule has 0 aromatic carbocycles. The van der Waals surface area contributed by atoms with Crippen molar-refractivity contribution in [2.45, 2.75) is 19.8 Å². The van der Waals surface area contributed by atoms with Crippen LogP contribution < -0.4 is 11.3 Å². The quantitative estimate of drug-likeness (QED) is 0.320. The van der Waals surface area contributed by atoms with Gasteiger partial charge in [0.15, 0.2) is 0 Å². The Hall–Kier alpha value is -1.10. The van der Waals surface area contributed by atoms with E-state index in [2.05, 4.69) is 5.43 Å². The molecule has 5 nitrogen and oxygen atoms in total. The van der Waals surface area contributed by atoms with Crippen LogP contribution in [0.3, 0.4) is 0 Å². The fourth-order valence-electron chi connectivity index (χ4n) is 1.57. The molecule has 0 saturated carbocycles. The van der Waals surface area contributed by atoms with Crippen LogP contribution in [0.1, 0.15) is 19.8 Å². The standard InChI is InChI=1S/C8H15N3O2/c1-6(12)11-4-2-7(3-5-11)8(13)10-9/h7H,2-5,9H2,1H3,(H,10,13). The molecule has 0 unspecified atom stereocenters. The molecule has 0 spiro atoms. The Labute approximate surface area is 77.2 Å². The van der Waals surface area contributed by atoms with Crippen molar-refractivity contribution in [2.24, 2.45) is 11.8 Å². The fraction of sp³-hybridized carbons (Fsp3) is 0.750. The molecule has 13 heavy (non-hydrogen) atoms. The Balaban J connectivity index is 2.39. The van der Waals surface area contributed by atoms with Crippen LogP contribution in [-0.2, 0) is 9.59 Å². The molecule has 1 aliphatic heterocycles. The van der Waals surface area contributed by atoms with Crippen molar-refractivity contribution in [2.75, 3.05) is 13.1 Å². The number of rotatable bonds is 1. The molecule has 5 heteroatoms. The molecule has 1 heterocycles. The second-order valence-electron chi connectivity index (χ2n) is 3.29. The molecule has 0 aliphatic carbocycles. The number of hydrogen-bond acceptors (Lipinski definition) is 3. The monoisotopic (exact) mass is 185 g/mol. The van der Waals surface area contributed by atoms with Gasteiger partial charge in [-0.05, 0) is 12.8 Å². The molecule has 0 radical (unpaired) electrons. The van der Waals surface area contributed by atoms with Crippen molar-refractivity contribution in [3.8, 4) is 0 Å². The normalized spacial score (nSPS) is 18.5. The van der Waals surface area contributed by atoms with Crippen LogP contribution in [0.2, 0.25) is 0 Å². The first-order chi connectivity index (χ1) is 6.15. The third-order valence-corrected chi connectivity index (χ3v) is 2.45. The molecule has 0 atom stereocenters. The summed E-state index contributed by atoms with van der Waals surface area (Å²) in [5.74, 6) is 4.94. The van der Waals surface area contributed by atoms with Gasteiger partial charge < -0.3 is 4.90 Å². The first-order valence-electron chi connectivity index (χ1n) is 4.41. The summed E-state index contributed by atoms with van der Waals surface area (Å²) in [7, 11) is 0. The van der Waals surface area contributed by atoms with Gasteiger partial charge in [0.05, 0.1) is 0 Å². The number of carbonyl (C=O) groups excluding carboxylic acids is 2. The van der Waals surface area contributed by atoms with E-state index in [9.17, 15) is 9.59 Å². The number of likely N-dealkylation sites (tertiary alicyclic amines) is 1. The van der Waals surface area contributed by atoms with Crippen LogP contribution in [0.5, 0.6) is 0 Å². The Morgan fingerprint density at radius 1 is 1.38 bits per heavy atom. The molecular weight excluding hydrogens is 170 g/mol. The predicted molar refractivity (Wildman–Crippen MR) is 47.3 cm³/mol. The number of nitrogens with zero attached hydrogens (tertiary/aromatic N) is 1. The molecule has 0 aromatic rings. The molecule has 1 saturated heterocycles. The van der Waals surface area contributed by atoms with Gasteiger partial charge in [-0.1, -0.05) is 0 Å². The first kappa shape index (κ1) is 9.98. The van der Waals surface area contributed by atoms with Crippen LogP contribution in [-0.4, -0.2) is 29.8 Å². The smallest absolute Gasteiger partial charge is 0.237 e. The van der Waals surface area contributed by atoms with Crippen LogP contribution in [0.25, 0.3) is 0 Å². The first-order valence-corrected chi connectivity index (χ1v) is 4.41. The van der Waals surface area contributed by atoms with Crippen molar-refractivity contribution < 1.29 is 9.59 Å². The van der Waals surface area contributed by atoms with Gasteiger partial charge >= 0.3 is 0 Å². The Bertz CT molecular complexity index is 209. The molecule has 1 rings (SSSR count). The van der Waals surface area contributed by atoms with Gasteiger partial charge in [0, 0.05) is 25.9 Å². The average molecular weight is 185 g/mol. The molecule has 2 amide bonds. The Morgan fingerprint density at radius 3 is 2.31 bits per heavy atom. The lowest BCUT2D eigenvalue weighted by molar-refractivity contribution is -0.133. The van der Waals surface area contributed by atoms with Crippen LogP contribution in [0, 0.1) is 5.92 Å². The van der Waals surface area contributed by atoms with Crippen LogP contribution >= 0.6 is 0 Å². The summed E-state index contributed by atoms with van der Waals surface area (Å²) in [4.78, 5) is 23.8. The maximum atomic E-state index is 11.1. The summed E-state index contributed by atoms with van der Waals surface area (Å²) in [5.41, 5.74) is 2.14. The van der Waals surface area contributed by atoms with E-state index in [-0.39, 0.29) is 17.7 Å². The number of carbonyl (C=O) groups is 2. The molecule has 1 fully saturated rings. The topological polar surface area (TPSA) is 75.4 Å². The Morgan fingerprint density at radius 2 is 1.92 bits per heavy atom. The highest BCUT2D eigenvalue weighted by Crippen LogP contribution is 2.16. The number of piperidine rings is 1. The number of nitrogens with one attached hydrogen (secondary N) is 1. The van der Waals surface area contributed by atoms with Gasteiger partial charge in [-0.3, -0.25) is 15.0 Å². The minimum absolute atomic E-state index is 0.0272. The lowest BCUT2D eigenvalue weighted by atomic mass is 9.96. The zero-order chi connectivity index (χ0) is 9.84. The zero-order valence-electron chi connectivity index (χ0n) is 7.75. The summed E-state index contributed by atoms with van der Waals surface area (Å²) in [6.45, 7) is 2.87. The highest BCUT2D eigenvalue weighted by Gasteiger charge is 2.25. The maximum Gasteiger partial charge on any atom is 0.237 e. The maximum absolute atomic E-state index is 11.1. The minimum Gasteiger partial charge on any atom is -0.343 e. The highest BCUT2D eigenvalue weighted by molar-refractivity contribution is 5.79. The third kappa shape index (κ3) is 2.42. The van der Waals surface area contributed by atoms with Gasteiger partial charge in [-0.25, -0.2) is 5.84 Å². The van der Waals surface area contributed by atoms with Gasteiger partial charge in [0.2, 0.25) is 11.8 Å².